The van der Waals surface area contributed by atoms with Gasteiger partial charge >= 0.3 is 0 Å². The fraction of sp³-hybridized carbons (Fsp3) is 0.0909. The van der Waals surface area contributed by atoms with Gasteiger partial charge in [0.2, 0.25) is 0 Å². The Morgan fingerprint density at radius 3 is 2.87 bits per heavy atom. The van der Waals surface area contributed by atoms with Crippen molar-refractivity contribution in [1.29, 1.82) is 5.26 Å². The minimum absolute atomic E-state index is 0.259. The average Bonchev–Trinajstić information content (AvgIpc) is 2.20. The monoisotopic (exact) mass is 280 g/mol. The van der Waals surface area contributed by atoms with Crippen molar-refractivity contribution < 1.29 is 0 Å². The molecule has 0 N–H and O–H groups in total. The Hall–Kier alpha value is -1.11. The van der Waals surface area contributed by atoms with Gasteiger partial charge in [0.25, 0.3) is 0 Å². The molecule has 0 saturated carbocycles. The van der Waals surface area contributed by atoms with Gasteiger partial charge in [-0.3, -0.25) is 0 Å². The summed E-state index contributed by atoms with van der Waals surface area (Å²) >= 11 is 9.33. The lowest BCUT2D eigenvalue weighted by molar-refractivity contribution is 1.32. The molecule has 0 aliphatic heterocycles. The van der Waals surface area contributed by atoms with E-state index in [1.807, 2.05) is 25.1 Å². The Morgan fingerprint density at radius 2 is 2.20 bits per heavy atom. The number of para-hydroxylation sites is 1. The maximum atomic E-state index is 8.94. The first-order valence-corrected chi connectivity index (χ1v) is 5.46. The highest BCUT2D eigenvalue weighted by molar-refractivity contribution is 9.10. The molecule has 0 aliphatic rings. The lowest BCUT2D eigenvalue weighted by Gasteiger charge is -2.06. The number of benzene rings is 1. The van der Waals surface area contributed by atoms with Gasteiger partial charge in [0.15, 0.2) is 0 Å². The Morgan fingerprint density at radius 1 is 1.47 bits per heavy atom. The molecule has 0 spiro atoms. The van der Waals surface area contributed by atoms with Crippen LogP contribution in [0.4, 0.5) is 0 Å². The van der Waals surface area contributed by atoms with Crippen LogP contribution in [0.25, 0.3) is 10.9 Å². The van der Waals surface area contributed by atoms with Crippen molar-refractivity contribution in [2.24, 2.45) is 0 Å². The fourth-order valence-electron chi connectivity index (χ4n) is 1.51. The number of fused-ring (bicyclic) bond motifs is 1. The number of pyridine rings is 1. The molecule has 2 nitrogen and oxygen atoms in total. The molecular formula is C11H6BrClN2. The normalized spacial score (nSPS) is 10.3. The average molecular weight is 282 g/mol. The Bertz CT molecular complexity index is 587. The van der Waals surface area contributed by atoms with Gasteiger partial charge in [0.05, 0.1) is 11.1 Å². The molecule has 0 saturated heterocycles. The van der Waals surface area contributed by atoms with E-state index in [1.165, 1.54) is 0 Å². The van der Waals surface area contributed by atoms with E-state index in [2.05, 4.69) is 27.0 Å². The van der Waals surface area contributed by atoms with E-state index in [0.717, 1.165) is 20.9 Å². The van der Waals surface area contributed by atoms with Gasteiger partial charge < -0.3 is 0 Å². The van der Waals surface area contributed by atoms with E-state index in [1.54, 1.807) is 0 Å². The summed E-state index contributed by atoms with van der Waals surface area (Å²) < 4.78 is 0.884. The lowest BCUT2D eigenvalue weighted by Crippen LogP contribution is -1.91. The van der Waals surface area contributed by atoms with E-state index in [0.29, 0.717) is 5.56 Å². The maximum absolute atomic E-state index is 8.94. The van der Waals surface area contributed by atoms with Crippen molar-refractivity contribution in [3.8, 4) is 6.07 Å². The summed E-state index contributed by atoms with van der Waals surface area (Å²) in [6.07, 6.45) is 0. The molecule has 0 aliphatic carbocycles. The molecule has 2 rings (SSSR count). The molecular weight excluding hydrogens is 275 g/mol. The van der Waals surface area contributed by atoms with E-state index in [9.17, 15) is 0 Å². The number of nitrogens with zero attached hydrogens (tertiary/aromatic N) is 2. The number of aryl methyl sites for hydroxylation is 1. The third-order valence-electron chi connectivity index (χ3n) is 2.29. The topological polar surface area (TPSA) is 36.7 Å². The lowest BCUT2D eigenvalue weighted by atomic mass is 10.1. The smallest absolute Gasteiger partial charge is 0.147 e. The largest absolute Gasteiger partial charge is 0.233 e. The molecule has 0 bridgehead atoms. The minimum atomic E-state index is 0.259. The minimum Gasteiger partial charge on any atom is -0.233 e. The molecule has 74 valence electrons. The first-order chi connectivity index (χ1) is 7.15. The third kappa shape index (κ3) is 1.60. The van der Waals surface area contributed by atoms with Crippen molar-refractivity contribution in [3.05, 3.63) is 39.0 Å². The molecule has 15 heavy (non-hydrogen) atoms. The molecule has 0 radical (unpaired) electrons. The molecule has 0 fully saturated rings. The molecule has 4 heteroatoms. The molecule has 1 aromatic carbocycles. The molecule has 0 amide bonds. The zero-order valence-electron chi connectivity index (χ0n) is 7.88. The SMILES string of the molecule is Cc1c(C#N)c(Cl)nc2c(Br)cccc12. The molecule has 2 aromatic rings. The van der Waals surface area contributed by atoms with E-state index in [-0.39, 0.29) is 5.15 Å². The Labute approximate surface area is 101 Å². The van der Waals surface area contributed by atoms with Crippen LogP contribution >= 0.6 is 27.5 Å². The first kappa shape index (κ1) is 10.4. The summed E-state index contributed by atoms with van der Waals surface area (Å²) in [5.41, 5.74) is 2.11. The second kappa shape index (κ2) is 3.80. The fourth-order valence-corrected chi connectivity index (χ4v) is 2.23. The number of halogens is 2. The third-order valence-corrected chi connectivity index (χ3v) is 3.21. The van der Waals surface area contributed by atoms with Crippen LogP contribution in [0.3, 0.4) is 0 Å². The molecule has 0 atom stereocenters. The first-order valence-electron chi connectivity index (χ1n) is 4.29. The number of hydrogen-bond acceptors (Lipinski definition) is 2. The van der Waals surface area contributed by atoms with Gasteiger partial charge in [-0.15, -0.1) is 0 Å². The van der Waals surface area contributed by atoms with Gasteiger partial charge in [-0.25, -0.2) is 4.98 Å². The highest BCUT2D eigenvalue weighted by atomic mass is 79.9. The highest BCUT2D eigenvalue weighted by Crippen LogP contribution is 2.29. The summed E-state index contributed by atoms with van der Waals surface area (Å²) in [6.45, 7) is 1.88. The van der Waals surface area contributed by atoms with Crippen molar-refractivity contribution in [2.75, 3.05) is 0 Å². The number of hydrogen-bond donors (Lipinski definition) is 0. The second-order valence-corrected chi connectivity index (χ2v) is 4.36. The van der Waals surface area contributed by atoms with Crippen molar-refractivity contribution in [3.63, 3.8) is 0 Å². The van der Waals surface area contributed by atoms with E-state index < -0.39 is 0 Å². The zero-order chi connectivity index (χ0) is 11.0. The van der Waals surface area contributed by atoms with E-state index >= 15 is 0 Å². The van der Waals surface area contributed by atoms with Crippen LogP contribution < -0.4 is 0 Å². The van der Waals surface area contributed by atoms with Gasteiger partial charge in [0.1, 0.15) is 11.2 Å². The van der Waals surface area contributed by atoms with Crippen LogP contribution in [0, 0.1) is 18.3 Å². The molecule has 1 heterocycles. The number of rotatable bonds is 0. The second-order valence-electron chi connectivity index (χ2n) is 3.15. The predicted octanol–water partition coefficient (Wildman–Crippen LogP) is 3.83. The molecule has 1 aromatic heterocycles. The van der Waals surface area contributed by atoms with Crippen molar-refractivity contribution >= 4 is 38.4 Å². The summed E-state index contributed by atoms with van der Waals surface area (Å²) in [6, 6.07) is 7.81. The predicted molar refractivity (Wildman–Crippen MR) is 63.9 cm³/mol. The Balaban J connectivity index is 2.99. The van der Waals surface area contributed by atoms with Crippen LogP contribution in [0.2, 0.25) is 5.15 Å². The van der Waals surface area contributed by atoms with Gasteiger partial charge in [-0.05, 0) is 34.5 Å². The summed E-state index contributed by atoms with van der Waals surface area (Å²) in [7, 11) is 0. The van der Waals surface area contributed by atoms with Crippen LogP contribution in [0.1, 0.15) is 11.1 Å². The standard InChI is InChI=1S/C11H6BrClN2/c1-6-7-3-2-4-9(12)10(7)15-11(13)8(6)5-14/h2-4H,1H3. The van der Waals surface area contributed by atoms with Gasteiger partial charge in [-0.1, -0.05) is 23.7 Å². The molecule has 0 unspecified atom stereocenters. The quantitative estimate of drug-likeness (QED) is 0.688. The number of aromatic nitrogens is 1. The zero-order valence-corrected chi connectivity index (χ0v) is 10.2. The highest BCUT2D eigenvalue weighted by Gasteiger charge is 2.11. The van der Waals surface area contributed by atoms with Gasteiger partial charge in [0, 0.05) is 9.86 Å². The van der Waals surface area contributed by atoms with Crippen molar-refractivity contribution in [1.82, 2.24) is 4.98 Å². The van der Waals surface area contributed by atoms with Crippen LogP contribution in [-0.4, -0.2) is 4.98 Å². The van der Waals surface area contributed by atoms with Crippen LogP contribution in [0.5, 0.6) is 0 Å². The van der Waals surface area contributed by atoms with Gasteiger partial charge in [-0.2, -0.15) is 5.26 Å². The summed E-state index contributed by atoms with van der Waals surface area (Å²) in [5.74, 6) is 0. The summed E-state index contributed by atoms with van der Waals surface area (Å²) in [4.78, 5) is 4.20. The van der Waals surface area contributed by atoms with E-state index in [4.69, 9.17) is 16.9 Å². The Kier molecular flexibility index (Phi) is 2.64. The van der Waals surface area contributed by atoms with Crippen LogP contribution in [-0.2, 0) is 0 Å². The maximum Gasteiger partial charge on any atom is 0.147 e. The van der Waals surface area contributed by atoms with Crippen molar-refractivity contribution in [2.45, 2.75) is 6.92 Å². The van der Waals surface area contributed by atoms with Crippen LogP contribution in [0.15, 0.2) is 22.7 Å². The summed E-state index contributed by atoms with van der Waals surface area (Å²) in [5, 5.41) is 10.1. The number of nitriles is 1.